The topological polar surface area (TPSA) is 49.4 Å². The van der Waals surface area contributed by atoms with Gasteiger partial charge in [0.25, 0.3) is 11.8 Å². The van der Waals surface area contributed by atoms with E-state index in [0.29, 0.717) is 12.1 Å². The molecule has 0 radical (unpaired) electrons. The zero-order valence-electron chi connectivity index (χ0n) is 9.78. The third kappa shape index (κ3) is 2.21. The Morgan fingerprint density at radius 3 is 2.56 bits per heavy atom. The van der Waals surface area contributed by atoms with Gasteiger partial charge in [0.2, 0.25) is 0 Å². The van der Waals surface area contributed by atoms with Gasteiger partial charge in [0.15, 0.2) is 0 Å². The zero-order valence-corrected chi connectivity index (χ0v) is 9.78. The van der Waals surface area contributed by atoms with Crippen LogP contribution in [-0.4, -0.2) is 16.8 Å². The molecule has 0 aromatic heterocycles. The van der Waals surface area contributed by atoms with Crippen LogP contribution in [-0.2, 0) is 9.59 Å². The summed E-state index contributed by atoms with van der Waals surface area (Å²) < 4.78 is 0. The highest BCUT2D eigenvalue weighted by atomic mass is 16.2. The van der Waals surface area contributed by atoms with Crippen LogP contribution in [0.2, 0.25) is 0 Å². The fraction of sp³-hybridized carbons (Fsp3) is 0.333. The van der Waals surface area contributed by atoms with Gasteiger partial charge in [-0.1, -0.05) is 25.2 Å². The molecular formula is C12H16N2O2. The first-order valence-electron chi connectivity index (χ1n) is 5.30. The molecule has 0 unspecified atom stereocenters. The molecule has 1 rings (SSSR count). The van der Waals surface area contributed by atoms with Crippen LogP contribution in [0, 0.1) is 0 Å². The van der Waals surface area contributed by atoms with Gasteiger partial charge in [0, 0.05) is 0 Å². The number of hydrogen-bond acceptors (Lipinski definition) is 2. The third-order valence-electron chi connectivity index (χ3n) is 2.19. The SMILES string of the molecule is C/C=C\C(=C/C)N1NC(=O)/C(=C\CC)C1=O. The highest BCUT2D eigenvalue weighted by Crippen LogP contribution is 2.16. The number of nitrogens with zero attached hydrogens (tertiary/aromatic N) is 1. The van der Waals surface area contributed by atoms with E-state index in [0.717, 1.165) is 0 Å². The van der Waals surface area contributed by atoms with Crippen LogP contribution in [0.5, 0.6) is 0 Å². The van der Waals surface area contributed by atoms with Crippen molar-refractivity contribution in [2.75, 3.05) is 0 Å². The van der Waals surface area contributed by atoms with Gasteiger partial charge in [-0.15, -0.1) is 0 Å². The number of hydrogen-bond donors (Lipinski definition) is 1. The maximum absolute atomic E-state index is 11.9. The summed E-state index contributed by atoms with van der Waals surface area (Å²) in [5.41, 5.74) is 3.41. The summed E-state index contributed by atoms with van der Waals surface area (Å²) in [5, 5.41) is 1.27. The maximum atomic E-state index is 11.9. The standard InChI is InChI=1S/C12H16N2O2/c1-4-7-9(6-3)14-12(16)10(8-5-2)11(15)13-14/h4,6-8H,5H2,1-3H3,(H,13,15)/b7-4-,9-6+,10-8+. The fourth-order valence-corrected chi connectivity index (χ4v) is 1.47. The number of carbonyl (C=O) groups is 2. The molecule has 1 heterocycles. The summed E-state index contributed by atoms with van der Waals surface area (Å²) in [6.07, 6.45) is 7.66. The normalized spacial score (nSPS) is 20.1. The van der Waals surface area contributed by atoms with E-state index in [1.165, 1.54) is 5.01 Å². The largest absolute Gasteiger partial charge is 0.282 e. The molecule has 4 heteroatoms. The second-order valence-electron chi connectivity index (χ2n) is 3.32. The minimum absolute atomic E-state index is 0.214. The average Bonchev–Trinajstić information content (AvgIpc) is 2.54. The van der Waals surface area contributed by atoms with Crippen molar-refractivity contribution in [2.45, 2.75) is 27.2 Å². The van der Waals surface area contributed by atoms with E-state index in [1.807, 2.05) is 26.8 Å². The van der Waals surface area contributed by atoms with Crippen LogP contribution in [0.15, 0.2) is 35.6 Å². The Labute approximate surface area is 95.3 Å². The Kier molecular flexibility index (Phi) is 4.05. The second kappa shape index (κ2) is 5.30. The van der Waals surface area contributed by atoms with Crippen LogP contribution in [0.25, 0.3) is 0 Å². The predicted octanol–water partition coefficient (Wildman–Crippen LogP) is 1.68. The Morgan fingerprint density at radius 1 is 1.38 bits per heavy atom. The van der Waals surface area contributed by atoms with E-state index in [9.17, 15) is 9.59 Å². The lowest BCUT2D eigenvalue weighted by molar-refractivity contribution is -0.125. The molecule has 0 aliphatic carbocycles. The summed E-state index contributed by atoms with van der Waals surface area (Å²) in [7, 11) is 0. The molecule has 0 atom stereocenters. The van der Waals surface area contributed by atoms with Crippen LogP contribution in [0.4, 0.5) is 0 Å². The van der Waals surface area contributed by atoms with E-state index in [4.69, 9.17) is 0 Å². The predicted molar refractivity (Wildman–Crippen MR) is 61.9 cm³/mol. The van der Waals surface area contributed by atoms with Crippen molar-refractivity contribution in [2.24, 2.45) is 0 Å². The summed E-state index contributed by atoms with van der Waals surface area (Å²) >= 11 is 0. The van der Waals surface area contributed by atoms with Crippen molar-refractivity contribution in [3.8, 4) is 0 Å². The summed E-state index contributed by atoms with van der Waals surface area (Å²) in [6.45, 7) is 5.56. The first-order chi connectivity index (χ1) is 7.65. The molecule has 86 valence electrons. The lowest BCUT2D eigenvalue weighted by Crippen LogP contribution is -2.34. The van der Waals surface area contributed by atoms with Crippen molar-refractivity contribution >= 4 is 11.8 Å². The van der Waals surface area contributed by atoms with E-state index in [-0.39, 0.29) is 17.4 Å². The molecule has 0 aromatic rings. The van der Waals surface area contributed by atoms with Crippen molar-refractivity contribution < 1.29 is 9.59 Å². The molecule has 16 heavy (non-hydrogen) atoms. The number of amides is 2. The molecule has 0 bridgehead atoms. The smallest absolute Gasteiger partial charge is 0.267 e. The number of allylic oxidation sites excluding steroid dienone is 4. The fourth-order valence-electron chi connectivity index (χ4n) is 1.47. The molecule has 1 aliphatic rings. The van der Waals surface area contributed by atoms with Crippen LogP contribution in [0.1, 0.15) is 27.2 Å². The van der Waals surface area contributed by atoms with Gasteiger partial charge in [-0.05, 0) is 26.3 Å². The molecule has 0 saturated carbocycles. The zero-order chi connectivity index (χ0) is 12.1. The summed E-state index contributed by atoms with van der Waals surface area (Å²) in [5.74, 6) is -0.631. The summed E-state index contributed by atoms with van der Waals surface area (Å²) in [6, 6.07) is 0. The molecule has 2 amide bonds. The quantitative estimate of drug-likeness (QED) is 0.447. The minimum atomic E-state index is -0.337. The molecule has 1 aliphatic heterocycles. The molecular weight excluding hydrogens is 204 g/mol. The number of hydrazine groups is 1. The van der Waals surface area contributed by atoms with E-state index in [2.05, 4.69) is 5.43 Å². The maximum Gasteiger partial charge on any atom is 0.282 e. The number of carbonyl (C=O) groups excluding carboxylic acids is 2. The first-order valence-corrected chi connectivity index (χ1v) is 5.30. The van der Waals surface area contributed by atoms with Crippen molar-refractivity contribution in [1.29, 1.82) is 0 Å². The van der Waals surface area contributed by atoms with Gasteiger partial charge in [0.1, 0.15) is 5.57 Å². The Bertz CT molecular complexity index is 392. The van der Waals surface area contributed by atoms with Gasteiger partial charge in [-0.2, -0.15) is 0 Å². The van der Waals surface area contributed by atoms with Gasteiger partial charge in [-0.3, -0.25) is 15.0 Å². The molecule has 1 N–H and O–H groups in total. The van der Waals surface area contributed by atoms with E-state index >= 15 is 0 Å². The van der Waals surface area contributed by atoms with Crippen molar-refractivity contribution in [3.63, 3.8) is 0 Å². The van der Waals surface area contributed by atoms with Gasteiger partial charge in [0.05, 0.1) is 5.70 Å². The average molecular weight is 220 g/mol. The van der Waals surface area contributed by atoms with Crippen molar-refractivity contribution in [1.82, 2.24) is 10.4 Å². The highest BCUT2D eigenvalue weighted by Gasteiger charge is 2.34. The molecule has 1 saturated heterocycles. The lowest BCUT2D eigenvalue weighted by atomic mass is 10.2. The second-order valence-corrected chi connectivity index (χ2v) is 3.32. The van der Waals surface area contributed by atoms with Crippen LogP contribution < -0.4 is 5.43 Å². The minimum Gasteiger partial charge on any atom is -0.267 e. The van der Waals surface area contributed by atoms with Crippen LogP contribution in [0.3, 0.4) is 0 Å². The van der Waals surface area contributed by atoms with Crippen molar-refractivity contribution in [3.05, 3.63) is 35.6 Å². The third-order valence-corrected chi connectivity index (χ3v) is 2.19. The monoisotopic (exact) mass is 220 g/mol. The highest BCUT2D eigenvalue weighted by molar-refractivity contribution is 6.23. The Morgan fingerprint density at radius 2 is 2.06 bits per heavy atom. The summed E-state index contributed by atoms with van der Waals surface area (Å²) in [4.78, 5) is 23.4. The van der Waals surface area contributed by atoms with Gasteiger partial charge in [-0.25, -0.2) is 5.01 Å². The Hall–Kier alpha value is -1.84. The number of nitrogens with one attached hydrogen (secondary N) is 1. The van der Waals surface area contributed by atoms with Gasteiger partial charge >= 0.3 is 0 Å². The van der Waals surface area contributed by atoms with Gasteiger partial charge < -0.3 is 0 Å². The van der Waals surface area contributed by atoms with E-state index < -0.39 is 0 Å². The molecule has 0 spiro atoms. The molecule has 4 nitrogen and oxygen atoms in total. The van der Waals surface area contributed by atoms with Crippen LogP contribution >= 0.6 is 0 Å². The number of rotatable bonds is 3. The first kappa shape index (κ1) is 12.2. The lowest BCUT2D eigenvalue weighted by Gasteiger charge is -2.15. The molecule has 1 fully saturated rings. The van der Waals surface area contributed by atoms with E-state index in [1.54, 1.807) is 18.2 Å². The molecule has 0 aromatic carbocycles. The Balaban J connectivity index is 3.00.